The molecule has 0 fully saturated rings. The van der Waals surface area contributed by atoms with Gasteiger partial charge in [-0.15, -0.1) is 0 Å². The van der Waals surface area contributed by atoms with E-state index < -0.39 is 5.97 Å². The molecule has 6 heteroatoms. The summed E-state index contributed by atoms with van der Waals surface area (Å²) in [6.07, 6.45) is 7.35. The number of rotatable bonds is 11. The number of benzene rings is 3. The first-order valence-corrected chi connectivity index (χ1v) is 11.4. The first kappa shape index (κ1) is 24.5. The van der Waals surface area contributed by atoms with Gasteiger partial charge in [0.15, 0.2) is 0 Å². The molecule has 0 aliphatic rings. The number of nitriles is 1. The van der Waals surface area contributed by atoms with Gasteiger partial charge in [0.05, 0.1) is 29.5 Å². The molecule has 0 radical (unpaired) electrons. The Morgan fingerprint density at radius 2 is 1.76 bits per heavy atom. The average Bonchev–Trinajstić information content (AvgIpc) is 2.86. The van der Waals surface area contributed by atoms with Crippen molar-refractivity contribution in [2.24, 2.45) is 4.99 Å². The van der Waals surface area contributed by atoms with Crippen molar-refractivity contribution in [2.75, 3.05) is 6.61 Å². The second-order valence-corrected chi connectivity index (χ2v) is 7.82. The van der Waals surface area contributed by atoms with E-state index in [0.717, 1.165) is 12.8 Å². The Hall–Kier alpha value is -4.11. The molecule has 3 aromatic rings. The molecule has 3 rings (SSSR count). The number of aliphatic imine (C=N–C) groups is 1. The summed E-state index contributed by atoms with van der Waals surface area (Å²) in [4.78, 5) is 16.7. The van der Waals surface area contributed by atoms with E-state index in [-0.39, 0.29) is 11.5 Å². The number of aromatic hydroxyl groups is 1. The fourth-order valence-electron chi connectivity index (χ4n) is 3.24. The number of carbonyl (C=O) groups is 1. The van der Waals surface area contributed by atoms with E-state index in [9.17, 15) is 9.90 Å². The summed E-state index contributed by atoms with van der Waals surface area (Å²) in [5, 5.41) is 19.3. The predicted octanol–water partition coefficient (Wildman–Crippen LogP) is 6.58. The van der Waals surface area contributed by atoms with Crippen LogP contribution in [0, 0.1) is 11.3 Å². The van der Waals surface area contributed by atoms with Gasteiger partial charge in [0.25, 0.3) is 0 Å². The van der Waals surface area contributed by atoms with Gasteiger partial charge in [0.2, 0.25) is 0 Å². The van der Waals surface area contributed by atoms with Crippen LogP contribution < -0.4 is 9.47 Å². The van der Waals surface area contributed by atoms with Crippen molar-refractivity contribution in [3.63, 3.8) is 0 Å². The lowest BCUT2D eigenvalue weighted by molar-refractivity contribution is 0.0734. The second-order valence-electron chi connectivity index (χ2n) is 7.82. The summed E-state index contributed by atoms with van der Waals surface area (Å²) in [6, 6.07) is 20.3. The lowest BCUT2D eigenvalue weighted by Gasteiger charge is -2.08. The molecule has 0 unspecified atom stereocenters. The number of hydrogen-bond acceptors (Lipinski definition) is 6. The maximum atomic E-state index is 12.5. The van der Waals surface area contributed by atoms with Gasteiger partial charge in [-0.05, 0) is 61.0 Å². The number of unbranched alkanes of at least 4 members (excludes halogenated alkanes) is 4. The van der Waals surface area contributed by atoms with Gasteiger partial charge >= 0.3 is 5.97 Å². The summed E-state index contributed by atoms with van der Waals surface area (Å²) in [5.41, 5.74) is 1.94. The Labute approximate surface area is 200 Å². The van der Waals surface area contributed by atoms with Crippen molar-refractivity contribution in [2.45, 2.75) is 39.0 Å². The summed E-state index contributed by atoms with van der Waals surface area (Å²) < 4.78 is 11.1. The topological polar surface area (TPSA) is 91.9 Å². The van der Waals surface area contributed by atoms with E-state index in [4.69, 9.17) is 14.7 Å². The van der Waals surface area contributed by atoms with Crippen LogP contribution in [-0.2, 0) is 0 Å². The number of hydrogen-bond donors (Lipinski definition) is 1. The quantitative estimate of drug-likeness (QED) is 0.152. The fraction of sp³-hybridized carbons (Fsp3) is 0.250. The number of esters is 1. The van der Waals surface area contributed by atoms with E-state index in [1.54, 1.807) is 60.7 Å². The van der Waals surface area contributed by atoms with Gasteiger partial charge in [-0.25, -0.2) is 4.79 Å². The molecule has 0 amide bonds. The van der Waals surface area contributed by atoms with E-state index in [0.29, 0.717) is 34.7 Å². The normalized spacial score (nSPS) is 10.7. The molecule has 0 atom stereocenters. The summed E-state index contributed by atoms with van der Waals surface area (Å²) in [5.74, 6) is 0.334. The van der Waals surface area contributed by atoms with Crippen molar-refractivity contribution < 1.29 is 19.4 Å². The number of nitrogens with zero attached hydrogens (tertiary/aromatic N) is 2. The highest BCUT2D eigenvalue weighted by Crippen LogP contribution is 2.24. The van der Waals surface area contributed by atoms with Crippen LogP contribution >= 0.6 is 0 Å². The van der Waals surface area contributed by atoms with Crippen LogP contribution in [0.1, 0.15) is 60.5 Å². The fourth-order valence-corrected chi connectivity index (χ4v) is 3.24. The molecule has 6 nitrogen and oxygen atoms in total. The van der Waals surface area contributed by atoms with Crippen molar-refractivity contribution in [1.29, 1.82) is 5.26 Å². The minimum atomic E-state index is -0.528. The zero-order valence-electron chi connectivity index (χ0n) is 19.2. The van der Waals surface area contributed by atoms with Crippen LogP contribution in [0.25, 0.3) is 0 Å². The molecule has 0 saturated carbocycles. The molecule has 174 valence electrons. The number of phenols is 1. The van der Waals surface area contributed by atoms with Crippen LogP contribution in [0.4, 0.5) is 5.69 Å². The Bertz CT molecular complexity index is 1160. The second kappa shape index (κ2) is 12.8. The molecule has 0 aliphatic carbocycles. The van der Waals surface area contributed by atoms with Crippen LogP contribution in [0.2, 0.25) is 0 Å². The first-order chi connectivity index (χ1) is 16.6. The lowest BCUT2D eigenvalue weighted by Crippen LogP contribution is -2.08. The minimum absolute atomic E-state index is 0.0758. The third-order valence-corrected chi connectivity index (χ3v) is 5.15. The monoisotopic (exact) mass is 456 g/mol. The van der Waals surface area contributed by atoms with Crippen molar-refractivity contribution >= 4 is 17.9 Å². The van der Waals surface area contributed by atoms with Gasteiger partial charge in [0.1, 0.15) is 17.2 Å². The summed E-state index contributed by atoms with van der Waals surface area (Å²) in [7, 11) is 0. The Kier molecular flexibility index (Phi) is 9.24. The molecule has 0 heterocycles. The highest BCUT2D eigenvalue weighted by atomic mass is 16.5. The summed E-state index contributed by atoms with van der Waals surface area (Å²) >= 11 is 0. The van der Waals surface area contributed by atoms with Crippen LogP contribution in [-0.4, -0.2) is 23.9 Å². The molecule has 0 aliphatic heterocycles. The average molecular weight is 457 g/mol. The van der Waals surface area contributed by atoms with Gasteiger partial charge in [-0.3, -0.25) is 4.99 Å². The highest BCUT2D eigenvalue weighted by molar-refractivity contribution is 5.91. The SMILES string of the molecule is CCCCCCCOc1ccc(C(=O)Oc2ccc(C=Nc3cccc(C#N)c3)c(O)c2)cc1. The maximum Gasteiger partial charge on any atom is 0.343 e. The van der Waals surface area contributed by atoms with Gasteiger partial charge in [-0.2, -0.15) is 5.26 Å². The number of carbonyl (C=O) groups excluding carboxylic acids is 1. The predicted molar refractivity (Wildman–Crippen MR) is 132 cm³/mol. The van der Waals surface area contributed by atoms with Crippen LogP contribution in [0.5, 0.6) is 17.2 Å². The summed E-state index contributed by atoms with van der Waals surface area (Å²) in [6.45, 7) is 2.85. The van der Waals surface area contributed by atoms with E-state index >= 15 is 0 Å². The molecular formula is C28H28N2O4. The largest absolute Gasteiger partial charge is 0.507 e. The molecule has 0 saturated heterocycles. The smallest absolute Gasteiger partial charge is 0.343 e. The van der Waals surface area contributed by atoms with E-state index in [1.807, 2.05) is 0 Å². The number of phenolic OH excluding ortho intramolecular Hbond substituents is 1. The van der Waals surface area contributed by atoms with Gasteiger partial charge in [0, 0.05) is 17.8 Å². The molecule has 0 bridgehead atoms. The van der Waals surface area contributed by atoms with E-state index in [1.165, 1.54) is 31.5 Å². The zero-order chi connectivity index (χ0) is 24.2. The minimum Gasteiger partial charge on any atom is -0.507 e. The zero-order valence-corrected chi connectivity index (χ0v) is 19.2. The Balaban J connectivity index is 1.54. The Morgan fingerprint density at radius 1 is 1.00 bits per heavy atom. The van der Waals surface area contributed by atoms with Gasteiger partial charge in [-0.1, -0.05) is 38.7 Å². The van der Waals surface area contributed by atoms with Crippen molar-refractivity contribution in [3.05, 3.63) is 83.4 Å². The van der Waals surface area contributed by atoms with Gasteiger partial charge < -0.3 is 14.6 Å². The Morgan fingerprint density at radius 3 is 2.50 bits per heavy atom. The highest BCUT2D eigenvalue weighted by Gasteiger charge is 2.10. The molecule has 3 aromatic carbocycles. The lowest BCUT2D eigenvalue weighted by atomic mass is 10.2. The van der Waals surface area contributed by atoms with Crippen LogP contribution in [0.3, 0.4) is 0 Å². The number of ether oxygens (including phenoxy) is 2. The molecular weight excluding hydrogens is 428 g/mol. The van der Waals surface area contributed by atoms with E-state index in [2.05, 4.69) is 18.0 Å². The maximum absolute atomic E-state index is 12.5. The third kappa shape index (κ3) is 7.49. The standard InChI is InChI=1S/C28H28N2O4/c1-2-3-4-5-6-16-33-25-13-10-22(11-14-25)28(32)34-26-15-12-23(27(31)18-26)20-30-24-9-7-8-21(17-24)19-29/h7-15,17-18,20,31H,2-6,16H2,1H3. The molecule has 0 aromatic heterocycles. The first-order valence-electron chi connectivity index (χ1n) is 11.4. The molecule has 34 heavy (non-hydrogen) atoms. The molecule has 1 N–H and O–H groups in total. The van der Waals surface area contributed by atoms with Crippen LogP contribution in [0.15, 0.2) is 71.7 Å². The van der Waals surface area contributed by atoms with Crippen molar-refractivity contribution in [1.82, 2.24) is 0 Å². The van der Waals surface area contributed by atoms with Crippen molar-refractivity contribution in [3.8, 4) is 23.3 Å². The third-order valence-electron chi connectivity index (χ3n) is 5.15. The molecule has 0 spiro atoms.